The smallest absolute Gasteiger partial charge is 0.335 e. The first-order valence-corrected chi connectivity index (χ1v) is 6.66. The SMILES string of the molecule is O=C(O)c1ccccc1CSc1ccsc1. The van der Waals surface area contributed by atoms with Gasteiger partial charge in [-0.3, -0.25) is 0 Å². The Morgan fingerprint density at radius 1 is 1.31 bits per heavy atom. The monoisotopic (exact) mass is 250 g/mol. The number of aromatic carboxylic acids is 1. The Labute approximate surface area is 102 Å². The molecule has 2 nitrogen and oxygen atoms in total. The van der Waals surface area contributed by atoms with Crippen molar-refractivity contribution in [3.05, 3.63) is 52.2 Å². The number of carboxylic acids is 1. The van der Waals surface area contributed by atoms with Crippen molar-refractivity contribution in [1.82, 2.24) is 0 Å². The molecule has 2 rings (SSSR count). The van der Waals surface area contributed by atoms with Crippen LogP contribution in [0.2, 0.25) is 0 Å². The first kappa shape index (κ1) is 11.2. The molecule has 2 aromatic rings. The van der Waals surface area contributed by atoms with Crippen LogP contribution >= 0.6 is 23.1 Å². The fourth-order valence-corrected chi connectivity index (χ4v) is 3.13. The molecule has 0 atom stereocenters. The summed E-state index contributed by atoms with van der Waals surface area (Å²) in [5, 5.41) is 13.1. The Morgan fingerprint density at radius 3 is 2.81 bits per heavy atom. The molecule has 1 N–H and O–H groups in total. The molecule has 0 radical (unpaired) electrons. The highest BCUT2D eigenvalue weighted by atomic mass is 32.2. The van der Waals surface area contributed by atoms with Gasteiger partial charge in [-0.25, -0.2) is 4.79 Å². The third kappa shape index (κ3) is 2.65. The van der Waals surface area contributed by atoms with E-state index in [-0.39, 0.29) is 0 Å². The molecule has 0 aliphatic rings. The molecule has 0 fully saturated rings. The van der Waals surface area contributed by atoms with E-state index in [1.54, 1.807) is 35.2 Å². The molecule has 0 aliphatic carbocycles. The van der Waals surface area contributed by atoms with Crippen LogP contribution in [0.5, 0.6) is 0 Å². The summed E-state index contributed by atoms with van der Waals surface area (Å²) in [4.78, 5) is 12.2. The zero-order valence-electron chi connectivity index (χ0n) is 8.42. The lowest BCUT2D eigenvalue weighted by Gasteiger charge is -2.04. The lowest BCUT2D eigenvalue weighted by Crippen LogP contribution is -2.00. The minimum atomic E-state index is -0.860. The maximum atomic E-state index is 11.0. The fourth-order valence-electron chi connectivity index (χ4n) is 1.35. The van der Waals surface area contributed by atoms with Crippen molar-refractivity contribution in [2.45, 2.75) is 10.6 Å². The van der Waals surface area contributed by atoms with E-state index in [2.05, 4.69) is 5.38 Å². The van der Waals surface area contributed by atoms with Crippen LogP contribution in [0.3, 0.4) is 0 Å². The molecule has 1 heterocycles. The molecule has 0 aliphatic heterocycles. The molecular formula is C12H10O2S2. The van der Waals surface area contributed by atoms with Crippen LogP contribution in [0.15, 0.2) is 46.0 Å². The second kappa shape index (κ2) is 5.18. The molecule has 4 heteroatoms. The van der Waals surface area contributed by atoms with Gasteiger partial charge < -0.3 is 5.11 Å². The standard InChI is InChI=1S/C12H10O2S2/c13-12(14)11-4-2-1-3-9(11)7-16-10-5-6-15-8-10/h1-6,8H,7H2,(H,13,14). The molecule has 0 bridgehead atoms. The van der Waals surface area contributed by atoms with E-state index in [0.717, 1.165) is 5.56 Å². The maximum Gasteiger partial charge on any atom is 0.335 e. The second-order valence-electron chi connectivity index (χ2n) is 3.21. The van der Waals surface area contributed by atoms with Crippen molar-refractivity contribution < 1.29 is 9.90 Å². The van der Waals surface area contributed by atoms with E-state index in [4.69, 9.17) is 5.11 Å². The first-order chi connectivity index (χ1) is 7.77. The summed E-state index contributed by atoms with van der Waals surface area (Å²) in [5.74, 6) is -0.166. The van der Waals surface area contributed by atoms with Crippen LogP contribution in [0.1, 0.15) is 15.9 Å². The Balaban J connectivity index is 2.12. The van der Waals surface area contributed by atoms with Crippen LogP contribution in [0.25, 0.3) is 0 Å². The highest BCUT2D eigenvalue weighted by molar-refractivity contribution is 7.98. The second-order valence-corrected chi connectivity index (χ2v) is 5.04. The van der Waals surface area contributed by atoms with E-state index in [1.165, 1.54) is 4.90 Å². The van der Waals surface area contributed by atoms with Crippen LogP contribution in [0, 0.1) is 0 Å². The van der Waals surface area contributed by atoms with Gasteiger partial charge in [0.2, 0.25) is 0 Å². The summed E-state index contributed by atoms with van der Waals surface area (Å²) in [7, 11) is 0. The van der Waals surface area contributed by atoms with E-state index < -0.39 is 5.97 Å². The highest BCUT2D eigenvalue weighted by Gasteiger charge is 2.08. The van der Waals surface area contributed by atoms with Gasteiger partial charge in [0.15, 0.2) is 0 Å². The number of carbonyl (C=O) groups is 1. The third-order valence-electron chi connectivity index (χ3n) is 2.14. The molecular weight excluding hydrogens is 240 g/mol. The van der Waals surface area contributed by atoms with Gasteiger partial charge >= 0.3 is 5.97 Å². The lowest BCUT2D eigenvalue weighted by atomic mass is 10.1. The van der Waals surface area contributed by atoms with Gasteiger partial charge in [-0.2, -0.15) is 11.3 Å². The van der Waals surface area contributed by atoms with Crippen molar-refractivity contribution in [3.8, 4) is 0 Å². The van der Waals surface area contributed by atoms with Crippen LogP contribution in [0.4, 0.5) is 0 Å². The van der Waals surface area contributed by atoms with Gasteiger partial charge in [-0.15, -0.1) is 11.8 Å². The van der Waals surface area contributed by atoms with Crippen LogP contribution in [-0.4, -0.2) is 11.1 Å². The summed E-state index contributed by atoms with van der Waals surface area (Å²) >= 11 is 3.31. The summed E-state index contributed by atoms with van der Waals surface area (Å²) in [5.41, 5.74) is 1.26. The van der Waals surface area contributed by atoms with Gasteiger partial charge in [0.05, 0.1) is 5.56 Å². The molecule has 1 aromatic heterocycles. The Morgan fingerprint density at radius 2 is 2.12 bits per heavy atom. The van der Waals surface area contributed by atoms with Gasteiger partial charge in [0.25, 0.3) is 0 Å². The number of thiophene rings is 1. The molecule has 82 valence electrons. The molecule has 0 saturated heterocycles. The van der Waals surface area contributed by atoms with Crippen molar-refractivity contribution >= 4 is 29.1 Å². The van der Waals surface area contributed by atoms with E-state index in [9.17, 15) is 4.79 Å². The summed E-state index contributed by atoms with van der Waals surface area (Å²) in [6.07, 6.45) is 0. The van der Waals surface area contributed by atoms with Crippen molar-refractivity contribution in [2.75, 3.05) is 0 Å². The van der Waals surface area contributed by atoms with E-state index in [1.807, 2.05) is 23.6 Å². The van der Waals surface area contributed by atoms with E-state index >= 15 is 0 Å². The van der Waals surface area contributed by atoms with Gasteiger partial charge in [-0.05, 0) is 23.1 Å². The van der Waals surface area contributed by atoms with E-state index in [0.29, 0.717) is 11.3 Å². The summed E-state index contributed by atoms with van der Waals surface area (Å²) in [6, 6.07) is 9.17. The first-order valence-electron chi connectivity index (χ1n) is 4.73. The zero-order chi connectivity index (χ0) is 11.4. The quantitative estimate of drug-likeness (QED) is 0.840. The van der Waals surface area contributed by atoms with Crippen molar-refractivity contribution in [1.29, 1.82) is 0 Å². The minimum absolute atomic E-state index is 0.394. The van der Waals surface area contributed by atoms with Gasteiger partial charge in [0, 0.05) is 16.0 Å². The fraction of sp³-hybridized carbons (Fsp3) is 0.0833. The largest absolute Gasteiger partial charge is 0.478 e. The number of hydrogen-bond donors (Lipinski definition) is 1. The lowest BCUT2D eigenvalue weighted by molar-refractivity contribution is 0.0696. The molecule has 16 heavy (non-hydrogen) atoms. The summed E-state index contributed by atoms with van der Waals surface area (Å²) in [6.45, 7) is 0. The Hall–Kier alpha value is -1.26. The van der Waals surface area contributed by atoms with Crippen molar-refractivity contribution in [3.63, 3.8) is 0 Å². The molecule has 0 amide bonds. The predicted octanol–water partition coefficient (Wildman–Crippen LogP) is 3.74. The average molecular weight is 250 g/mol. The maximum absolute atomic E-state index is 11.0. The average Bonchev–Trinajstić information content (AvgIpc) is 2.79. The molecule has 1 aromatic carbocycles. The molecule has 0 unspecified atom stereocenters. The van der Waals surface area contributed by atoms with Gasteiger partial charge in [0.1, 0.15) is 0 Å². The molecule has 0 saturated carbocycles. The Kier molecular flexibility index (Phi) is 3.64. The predicted molar refractivity (Wildman–Crippen MR) is 67.3 cm³/mol. The number of benzene rings is 1. The molecule has 0 spiro atoms. The summed E-state index contributed by atoms with van der Waals surface area (Å²) < 4.78 is 0. The Bertz CT molecular complexity index is 478. The zero-order valence-corrected chi connectivity index (χ0v) is 10.1. The van der Waals surface area contributed by atoms with Crippen LogP contribution in [-0.2, 0) is 5.75 Å². The van der Waals surface area contributed by atoms with Crippen molar-refractivity contribution in [2.24, 2.45) is 0 Å². The van der Waals surface area contributed by atoms with Gasteiger partial charge in [-0.1, -0.05) is 18.2 Å². The number of carboxylic acid groups (broad SMARTS) is 1. The highest BCUT2D eigenvalue weighted by Crippen LogP contribution is 2.26. The number of thioether (sulfide) groups is 1. The third-order valence-corrected chi connectivity index (χ3v) is 4.01. The number of rotatable bonds is 4. The minimum Gasteiger partial charge on any atom is -0.478 e. The normalized spacial score (nSPS) is 10.2. The number of hydrogen-bond acceptors (Lipinski definition) is 3. The van der Waals surface area contributed by atoms with Crippen LogP contribution < -0.4 is 0 Å². The topological polar surface area (TPSA) is 37.3 Å².